The van der Waals surface area contributed by atoms with Gasteiger partial charge in [0.05, 0.1) is 15.2 Å². The van der Waals surface area contributed by atoms with Crippen LogP contribution < -0.4 is 4.90 Å². The molecule has 3 rings (SSSR count). The number of benzene rings is 1. The molecule has 0 radical (unpaired) electrons. The molecule has 1 aliphatic rings. The molecule has 26 heavy (non-hydrogen) atoms. The van der Waals surface area contributed by atoms with Crippen molar-refractivity contribution in [1.82, 2.24) is 9.80 Å². The second-order valence-electron chi connectivity index (χ2n) is 6.11. The van der Waals surface area contributed by atoms with E-state index in [0.29, 0.717) is 23.0 Å². The molecule has 0 bridgehead atoms. The van der Waals surface area contributed by atoms with E-state index in [1.165, 1.54) is 16.2 Å². The number of thiophene rings is 1. The fourth-order valence-electron chi connectivity index (χ4n) is 2.86. The fourth-order valence-corrected chi connectivity index (χ4v) is 4.36. The number of anilines is 1. The first-order valence-corrected chi connectivity index (χ1v) is 10.2. The Hall–Kier alpha value is -1.57. The highest BCUT2D eigenvalue weighted by atomic mass is 79.9. The largest absolute Gasteiger partial charge is 0.368 e. The maximum atomic E-state index is 12.5. The molecule has 0 spiro atoms. The zero-order valence-corrected chi connectivity index (χ0v) is 17.5. The monoisotopic (exact) mass is 455 g/mol. The Morgan fingerprint density at radius 2 is 1.77 bits per heavy atom. The van der Waals surface area contributed by atoms with Crippen LogP contribution in [0.1, 0.15) is 9.67 Å². The van der Waals surface area contributed by atoms with Crippen molar-refractivity contribution >= 4 is 56.4 Å². The van der Waals surface area contributed by atoms with E-state index >= 15 is 0 Å². The number of hydrogen-bond acceptors (Lipinski definition) is 4. The highest BCUT2D eigenvalue weighted by Crippen LogP contribution is 2.23. The number of likely N-dealkylation sites (N-methyl/N-ethyl adjacent to an activating group) is 1. The number of amides is 2. The van der Waals surface area contributed by atoms with Crippen molar-refractivity contribution in [3.8, 4) is 0 Å². The Balaban J connectivity index is 1.51. The quantitative estimate of drug-likeness (QED) is 0.706. The predicted molar refractivity (Wildman–Crippen MR) is 109 cm³/mol. The maximum Gasteiger partial charge on any atom is 0.264 e. The number of nitrogens with zero attached hydrogens (tertiary/aromatic N) is 3. The lowest BCUT2D eigenvalue weighted by molar-refractivity contribution is -0.131. The van der Waals surface area contributed by atoms with Gasteiger partial charge in [0.25, 0.3) is 5.91 Å². The molecule has 0 aliphatic carbocycles. The zero-order valence-electron chi connectivity index (χ0n) is 14.3. The van der Waals surface area contributed by atoms with Crippen molar-refractivity contribution in [1.29, 1.82) is 0 Å². The minimum Gasteiger partial charge on any atom is -0.368 e. The molecule has 1 aromatic heterocycles. The molecular formula is C18H19BrClN3O2S. The van der Waals surface area contributed by atoms with Gasteiger partial charge in [0.15, 0.2) is 0 Å². The molecule has 0 N–H and O–H groups in total. The second kappa shape index (κ2) is 8.41. The average molecular weight is 457 g/mol. The molecule has 0 unspecified atom stereocenters. The first-order chi connectivity index (χ1) is 12.4. The van der Waals surface area contributed by atoms with Gasteiger partial charge in [-0.3, -0.25) is 9.59 Å². The molecule has 0 saturated carbocycles. The Morgan fingerprint density at radius 1 is 1.12 bits per heavy atom. The summed E-state index contributed by atoms with van der Waals surface area (Å²) in [5.74, 6) is -0.152. The van der Waals surface area contributed by atoms with E-state index < -0.39 is 0 Å². The highest BCUT2D eigenvalue weighted by Gasteiger charge is 2.24. The topological polar surface area (TPSA) is 43.9 Å². The Labute approximate surface area is 170 Å². The highest BCUT2D eigenvalue weighted by molar-refractivity contribution is 9.11. The SMILES string of the molecule is CN(CC(=O)N1CCN(c2ccc(Cl)cc2)CC1)C(=O)c1ccc(Br)s1. The molecule has 2 aromatic rings. The van der Waals surface area contributed by atoms with Crippen LogP contribution in [0, 0.1) is 0 Å². The second-order valence-corrected chi connectivity index (χ2v) is 9.01. The molecule has 1 fully saturated rings. The Bertz CT molecular complexity index is 788. The van der Waals surface area contributed by atoms with Crippen LogP contribution in [-0.2, 0) is 4.79 Å². The summed E-state index contributed by atoms with van der Waals surface area (Å²) in [5.41, 5.74) is 1.11. The van der Waals surface area contributed by atoms with Gasteiger partial charge < -0.3 is 14.7 Å². The van der Waals surface area contributed by atoms with Gasteiger partial charge in [0, 0.05) is 43.9 Å². The van der Waals surface area contributed by atoms with Crippen molar-refractivity contribution < 1.29 is 9.59 Å². The van der Waals surface area contributed by atoms with Gasteiger partial charge in [-0.2, -0.15) is 0 Å². The summed E-state index contributed by atoms with van der Waals surface area (Å²) in [5, 5.41) is 0.716. The van der Waals surface area contributed by atoms with E-state index in [4.69, 9.17) is 11.6 Å². The van der Waals surface area contributed by atoms with Crippen LogP contribution in [0.2, 0.25) is 5.02 Å². The van der Waals surface area contributed by atoms with Crippen LogP contribution in [0.5, 0.6) is 0 Å². The number of hydrogen-bond donors (Lipinski definition) is 0. The van der Waals surface area contributed by atoms with E-state index in [-0.39, 0.29) is 18.4 Å². The summed E-state index contributed by atoms with van der Waals surface area (Å²) in [6, 6.07) is 11.3. The molecule has 5 nitrogen and oxygen atoms in total. The van der Waals surface area contributed by atoms with Gasteiger partial charge in [-0.05, 0) is 52.3 Å². The third kappa shape index (κ3) is 4.58. The molecule has 1 aromatic carbocycles. The summed E-state index contributed by atoms with van der Waals surface area (Å²) < 4.78 is 0.902. The molecule has 8 heteroatoms. The molecule has 138 valence electrons. The van der Waals surface area contributed by atoms with Gasteiger partial charge in [-0.15, -0.1) is 11.3 Å². The van der Waals surface area contributed by atoms with Crippen LogP contribution in [-0.4, -0.2) is 61.4 Å². The predicted octanol–water partition coefficient (Wildman–Crippen LogP) is 3.58. The van der Waals surface area contributed by atoms with Crippen molar-refractivity contribution in [2.45, 2.75) is 0 Å². The minimum absolute atomic E-state index is 0.0211. The van der Waals surface area contributed by atoms with Gasteiger partial charge in [-0.25, -0.2) is 0 Å². The van der Waals surface area contributed by atoms with E-state index in [0.717, 1.165) is 22.6 Å². The van der Waals surface area contributed by atoms with Gasteiger partial charge >= 0.3 is 0 Å². The minimum atomic E-state index is -0.131. The normalized spacial score (nSPS) is 14.4. The number of halogens is 2. The first kappa shape index (κ1) is 19.2. The Morgan fingerprint density at radius 3 is 2.35 bits per heavy atom. The lowest BCUT2D eigenvalue weighted by Gasteiger charge is -2.36. The van der Waals surface area contributed by atoms with Crippen LogP contribution in [0.25, 0.3) is 0 Å². The number of carbonyl (C=O) groups excluding carboxylic acids is 2. The maximum absolute atomic E-state index is 12.5. The number of piperazine rings is 1. The molecular weight excluding hydrogens is 438 g/mol. The first-order valence-electron chi connectivity index (χ1n) is 8.23. The summed E-state index contributed by atoms with van der Waals surface area (Å²) in [4.78, 5) is 31.1. The summed E-state index contributed by atoms with van der Waals surface area (Å²) in [7, 11) is 1.66. The van der Waals surface area contributed by atoms with Crippen molar-refractivity contribution in [2.24, 2.45) is 0 Å². The van der Waals surface area contributed by atoms with Gasteiger partial charge in [-0.1, -0.05) is 11.6 Å². The van der Waals surface area contributed by atoms with Gasteiger partial charge in [0.2, 0.25) is 5.91 Å². The number of rotatable bonds is 4. The summed E-state index contributed by atoms with van der Waals surface area (Å²) >= 11 is 10.7. The smallest absolute Gasteiger partial charge is 0.264 e. The lowest BCUT2D eigenvalue weighted by atomic mass is 10.2. The lowest BCUT2D eigenvalue weighted by Crippen LogP contribution is -2.51. The molecule has 0 atom stereocenters. The van der Waals surface area contributed by atoms with E-state index in [9.17, 15) is 9.59 Å². The van der Waals surface area contributed by atoms with Crippen molar-refractivity contribution in [2.75, 3.05) is 44.7 Å². The standard InChI is InChI=1S/C18H19BrClN3O2S/c1-21(18(25)15-6-7-16(19)26-15)12-17(24)23-10-8-22(9-11-23)14-4-2-13(20)3-5-14/h2-7H,8-12H2,1H3. The van der Waals surface area contributed by atoms with Crippen LogP contribution in [0.3, 0.4) is 0 Å². The fraction of sp³-hybridized carbons (Fsp3) is 0.333. The average Bonchev–Trinajstić information content (AvgIpc) is 3.08. The number of carbonyl (C=O) groups is 2. The Kier molecular flexibility index (Phi) is 6.21. The molecule has 2 heterocycles. The van der Waals surface area contributed by atoms with E-state index in [2.05, 4.69) is 20.8 Å². The van der Waals surface area contributed by atoms with Crippen molar-refractivity contribution in [3.05, 3.63) is 50.1 Å². The van der Waals surface area contributed by atoms with E-state index in [1.807, 2.05) is 35.2 Å². The van der Waals surface area contributed by atoms with Crippen LogP contribution in [0.15, 0.2) is 40.2 Å². The van der Waals surface area contributed by atoms with Crippen LogP contribution >= 0.6 is 38.9 Å². The summed E-state index contributed by atoms with van der Waals surface area (Å²) in [6.07, 6.45) is 0. The van der Waals surface area contributed by atoms with Gasteiger partial charge in [0.1, 0.15) is 0 Å². The third-order valence-corrected chi connectivity index (χ3v) is 6.19. The molecule has 1 aliphatic heterocycles. The molecule has 2 amide bonds. The van der Waals surface area contributed by atoms with E-state index in [1.54, 1.807) is 13.1 Å². The third-order valence-electron chi connectivity index (χ3n) is 4.33. The molecule has 1 saturated heterocycles. The van der Waals surface area contributed by atoms with Crippen LogP contribution in [0.4, 0.5) is 5.69 Å². The van der Waals surface area contributed by atoms with Crippen molar-refractivity contribution in [3.63, 3.8) is 0 Å². The summed E-state index contributed by atoms with van der Waals surface area (Å²) in [6.45, 7) is 2.92. The zero-order chi connectivity index (χ0) is 18.7.